The number of hydrogen-bond acceptors (Lipinski definition) is 7. The lowest BCUT2D eigenvalue weighted by Crippen LogP contribution is -2.31. The van der Waals surface area contributed by atoms with Crippen molar-refractivity contribution >= 4 is 39.0 Å². The highest BCUT2D eigenvalue weighted by Crippen LogP contribution is 2.36. The van der Waals surface area contributed by atoms with E-state index in [0.717, 1.165) is 4.47 Å². The van der Waals surface area contributed by atoms with Gasteiger partial charge in [-0.1, -0.05) is 12.1 Å². The molecule has 0 bridgehead atoms. The second-order valence-corrected chi connectivity index (χ2v) is 6.42. The Hall–Kier alpha value is -3.40. The van der Waals surface area contributed by atoms with E-state index in [1.165, 1.54) is 6.21 Å². The number of nitrogens with one attached hydrogen (secondary N) is 1. The number of rotatable bonds is 3. The summed E-state index contributed by atoms with van der Waals surface area (Å²) in [5, 5.41) is 26.0. The summed E-state index contributed by atoms with van der Waals surface area (Å²) in [6.45, 7) is 0.175. The molecule has 0 fully saturated rings. The van der Waals surface area contributed by atoms with Gasteiger partial charge in [-0.2, -0.15) is 9.83 Å². The number of para-hydroxylation sites is 2. The van der Waals surface area contributed by atoms with E-state index in [9.17, 15) is 5.21 Å². The molecule has 0 amide bonds. The minimum Gasteiger partial charge on any atom is -0.454 e. The fourth-order valence-corrected chi connectivity index (χ4v) is 2.97. The Bertz CT molecular complexity index is 1170. The number of nitrogens with two attached hydrogens (primary N) is 1. The molecule has 2 heterocycles. The van der Waals surface area contributed by atoms with Gasteiger partial charge in [-0.05, 0) is 40.2 Å². The van der Waals surface area contributed by atoms with Gasteiger partial charge in [-0.3, -0.25) is 5.41 Å². The minimum atomic E-state index is -0.283. The first-order chi connectivity index (χ1) is 13.0. The monoisotopic (exact) mass is 428 g/mol. The molecule has 9 nitrogen and oxygen atoms in total. The van der Waals surface area contributed by atoms with Gasteiger partial charge in [0, 0.05) is 10.0 Å². The van der Waals surface area contributed by atoms with E-state index in [0.29, 0.717) is 32.8 Å². The Kier molecular flexibility index (Phi) is 4.24. The number of benzene rings is 2. The lowest BCUT2D eigenvalue weighted by molar-refractivity contribution is 0.174. The van der Waals surface area contributed by atoms with Crippen LogP contribution in [0.2, 0.25) is 0 Å². The largest absolute Gasteiger partial charge is 0.454 e. The van der Waals surface area contributed by atoms with Crippen LogP contribution in [0.5, 0.6) is 11.5 Å². The molecule has 0 aliphatic carbocycles. The van der Waals surface area contributed by atoms with Crippen molar-refractivity contribution in [2.24, 2.45) is 15.9 Å². The second-order valence-electron chi connectivity index (χ2n) is 5.57. The third-order valence-corrected chi connectivity index (χ3v) is 4.56. The van der Waals surface area contributed by atoms with Crippen LogP contribution in [0, 0.1) is 5.41 Å². The molecule has 4 N–H and O–H groups in total. The molecule has 0 unspecified atom stereocenters. The maximum absolute atomic E-state index is 10.1. The molecule has 10 heteroatoms. The molecule has 0 saturated heterocycles. The average molecular weight is 429 g/mol. The number of aromatic nitrogens is 2. The summed E-state index contributed by atoms with van der Waals surface area (Å²) >= 11 is 3.43. The summed E-state index contributed by atoms with van der Waals surface area (Å²) in [5.41, 5.74) is 7.25. The lowest BCUT2D eigenvalue weighted by Gasteiger charge is -2.07. The molecule has 0 spiro atoms. The van der Waals surface area contributed by atoms with E-state index in [-0.39, 0.29) is 23.8 Å². The molecular formula is C17H13BrN6O3. The van der Waals surface area contributed by atoms with Gasteiger partial charge >= 0.3 is 0 Å². The van der Waals surface area contributed by atoms with E-state index in [2.05, 4.69) is 31.1 Å². The molecule has 0 atom stereocenters. The Morgan fingerprint density at radius 3 is 2.85 bits per heavy atom. The Morgan fingerprint density at radius 1 is 1.30 bits per heavy atom. The molecule has 3 aromatic rings. The number of amidine groups is 1. The van der Waals surface area contributed by atoms with Crippen LogP contribution < -0.4 is 20.7 Å². The maximum Gasteiger partial charge on any atom is 0.231 e. The standard InChI is InChI=1S/C17H13BrN6O3/c18-10-6-14-13(26-8-27-14)5-9(10)7-21-23-16(19)15-17(20)24(25)12-4-2-1-3-11(12)22-15/h1-7,20,25H,8H2,(H2,19,23)/b20-17?,21-7+. The maximum atomic E-state index is 10.1. The van der Waals surface area contributed by atoms with E-state index in [1.807, 2.05) is 0 Å². The molecule has 4 rings (SSSR count). The molecule has 27 heavy (non-hydrogen) atoms. The fourth-order valence-electron chi connectivity index (χ4n) is 2.54. The Morgan fingerprint density at radius 2 is 2.04 bits per heavy atom. The topological polar surface area (TPSA) is 131 Å². The van der Waals surface area contributed by atoms with Gasteiger partial charge in [-0.25, -0.2) is 4.98 Å². The predicted octanol–water partition coefficient (Wildman–Crippen LogP) is 1.98. The molecule has 1 aliphatic rings. The molecule has 136 valence electrons. The van der Waals surface area contributed by atoms with E-state index < -0.39 is 0 Å². The number of ether oxygens (including phenoxy) is 2. The van der Waals surface area contributed by atoms with Crippen molar-refractivity contribution in [3.8, 4) is 11.5 Å². The lowest BCUT2D eigenvalue weighted by atomic mass is 10.2. The van der Waals surface area contributed by atoms with Crippen molar-refractivity contribution in [1.82, 2.24) is 9.71 Å². The summed E-state index contributed by atoms with van der Waals surface area (Å²) in [6, 6.07) is 10.4. The third-order valence-electron chi connectivity index (χ3n) is 3.88. The zero-order valence-corrected chi connectivity index (χ0v) is 15.3. The third kappa shape index (κ3) is 3.10. The predicted molar refractivity (Wildman–Crippen MR) is 101 cm³/mol. The van der Waals surface area contributed by atoms with Gasteiger partial charge in [0.2, 0.25) is 6.79 Å². The van der Waals surface area contributed by atoms with Gasteiger partial charge in [0.05, 0.1) is 11.7 Å². The zero-order chi connectivity index (χ0) is 19.0. The van der Waals surface area contributed by atoms with E-state index >= 15 is 0 Å². The molecule has 1 aromatic heterocycles. The first kappa shape index (κ1) is 17.0. The van der Waals surface area contributed by atoms with Crippen LogP contribution in [-0.2, 0) is 0 Å². The highest BCUT2D eigenvalue weighted by molar-refractivity contribution is 9.10. The van der Waals surface area contributed by atoms with Crippen LogP contribution in [0.1, 0.15) is 11.3 Å². The Labute approximate surface area is 161 Å². The highest BCUT2D eigenvalue weighted by atomic mass is 79.9. The quantitative estimate of drug-likeness (QED) is 0.254. The van der Waals surface area contributed by atoms with Gasteiger partial charge in [0.15, 0.2) is 28.5 Å². The van der Waals surface area contributed by atoms with Crippen LogP contribution in [0.25, 0.3) is 11.0 Å². The zero-order valence-electron chi connectivity index (χ0n) is 13.8. The number of hydrogen-bond donors (Lipinski definition) is 3. The van der Waals surface area contributed by atoms with Crippen LogP contribution in [0.3, 0.4) is 0 Å². The summed E-state index contributed by atoms with van der Waals surface area (Å²) in [6.07, 6.45) is 1.48. The molecule has 0 saturated carbocycles. The first-order valence-corrected chi connectivity index (χ1v) is 8.55. The van der Waals surface area contributed by atoms with Crippen LogP contribution >= 0.6 is 15.9 Å². The molecule has 1 aliphatic heterocycles. The highest BCUT2D eigenvalue weighted by Gasteiger charge is 2.15. The normalized spacial score (nSPS) is 13.6. The van der Waals surface area contributed by atoms with Gasteiger partial charge in [0.1, 0.15) is 5.52 Å². The smallest absolute Gasteiger partial charge is 0.231 e. The average Bonchev–Trinajstić information content (AvgIpc) is 3.11. The summed E-state index contributed by atoms with van der Waals surface area (Å²) in [5.74, 6) is 1.16. The molecule has 0 radical (unpaired) electrons. The van der Waals surface area contributed by atoms with Gasteiger partial charge < -0.3 is 20.4 Å². The first-order valence-electron chi connectivity index (χ1n) is 7.76. The number of nitrogens with zero attached hydrogens (tertiary/aromatic N) is 4. The van der Waals surface area contributed by atoms with Crippen LogP contribution in [0.15, 0.2) is 51.1 Å². The van der Waals surface area contributed by atoms with Crippen molar-refractivity contribution in [1.29, 1.82) is 5.41 Å². The van der Waals surface area contributed by atoms with Crippen LogP contribution in [-0.4, -0.2) is 33.8 Å². The van der Waals surface area contributed by atoms with Crippen molar-refractivity contribution in [2.45, 2.75) is 0 Å². The Balaban J connectivity index is 1.67. The van der Waals surface area contributed by atoms with Gasteiger partial charge in [0.25, 0.3) is 0 Å². The molecule has 2 aromatic carbocycles. The SMILES string of the molecule is N=c1c(/C(N)=N/N=C/c2cc3c(cc2Br)OCO3)nc2ccccc2n1O. The van der Waals surface area contributed by atoms with Crippen molar-refractivity contribution in [2.75, 3.05) is 6.79 Å². The minimum absolute atomic E-state index is 0.0260. The van der Waals surface area contributed by atoms with E-state index in [4.69, 9.17) is 20.6 Å². The second kappa shape index (κ2) is 6.72. The number of halogens is 1. The van der Waals surface area contributed by atoms with Crippen LogP contribution in [0.4, 0.5) is 0 Å². The fraction of sp³-hybridized carbons (Fsp3) is 0.0588. The molecular weight excluding hydrogens is 416 g/mol. The summed E-state index contributed by atoms with van der Waals surface area (Å²) < 4.78 is 12.1. The van der Waals surface area contributed by atoms with Crippen molar-refractivity contribution in [3.63, 3.8) is 0 Å². The summed E-state index contributed by atoms with van der Waals surface area (Å²) in [4.78, 5) is 4.28. The van der Waals surface area contributed by atoms with E-state index in [1.54, 1.807) is 36.4 Å². The summed E-state index contributed by atoms with van der Waals surface area (Å²) in [7, 11) is 0. The van der Waals surface area contributed by atoms with Crippen molar-refractivity contribution < 1.29 is 14.7 Å². The number of fused-ring (bicyclic) bond motifs is 2. The van der Waals surface area contributed by atoms with Crippen molar-refractivity contribution in [3.05, 3.63) is 57.6 Å². The van der Waals surface area contributed by atoms with Gasteiger partial charge in [-0.15, -0.1) is 5.10 Å².